The van der Waals surface area contributed by atoms with Crippen LogP contribution in [0.15, 0.2) is 42.5 Å². The van der Waals surface area contributed by atoms with E-state index in [0.29, 0.717) is 56.3 Å². The van der Waals surface area contributed by atoms with Gasteiger partial charge in [-0.25, -0.2) is 13.8 Å². The molecule has 0 unspecified atom stereocenters. The Morgan fingerprint density at radius 1 is 1.18 bits per heavy atom. The summed E-state index contributed by atoms with van der Waals surface area (Å²) in [6.07, 6.45) is 0.0191. The van der Waals surface area contributed by atoms with E-state index in [1.165, 1.54) is 12.1 Å². The van der Waals surface area contributed by atoms with Crippen molar-refractivity contribution >= 4 is 50.5 Å². The van der Waals surface area contributed by atoms with Gasteiger partial charge in [0.25, 0.3) is 0 Å². The van der Waals surface area contributed by atoms with Gasteiger partial charge in [-0.2, -0.15) is 8.42 Å². The first-order valence-corrected chi connectivity index (χ1v) is 15.0. The second-order valence-corrected chi connectivity index (χ2v) is 12.3. The lowest BCUT2D eigenvalue weighted by Crippen LogP contribution is -2.40. The Morgan fingerprint density at radius 3 is 2.46 bits per heavy atom. The average Bonchev–Trinajstić information content (AvgIpc) is 3.21. The third-order valence-corrected chi connectivity index (χ3v) is 8.49. The van der Waals surface area contributed by atoms with E-state index in [4.69, 9.17) is 44.6 Å². The average molecular weight is 621 g/mol. The number of hydrogen-bond acceptors (Lipinski definition) is 5. The van der Waals surface area contributed by atoms with Gasteiger partial charge >= 0.3 is 10.1 Å². The van der Waals surface area contributed by atoms with Crippen molar-refractivity contribution in [3.05, 3.63) is 63.9 Å². The Bertz CT molecular complexity index is 1460. The number of nitrogens with one attached hydrogen (secondary N) is 1. The Kier molecular flexibility index (Phi) is 9.15. The molecule has 1 aliphatic carbocycles. The highest BCUT2D eigenvalue weighted by Gasteiger charge is 2.35. The van der Waals surface area contributed by atoms with Crippen molar-refractivity contribution in [1.29, 1.82) is 0 Å². The highest BCUT2D eigenvalue weighted by molar-refractivity contribution is 7.87. The van der Waals surface area contributed by atoms with Crippen LogP contribution in [0.3, 0.4) is 0 Å². The van der Waals surface area contributed by atoms with Crippen LogP contribution in [0.2, 0.25) is 10.0 Å². The number of hydrogen-bond donors (Lipinski definition) is 1. The molecule has 1 aromatic heterocycles. The lowest BCUT2D eigenvalue weighted by molar-refractivity contribution is -0.0389. The van der Waals surface area contributed by atoms with Crippen LogP contribution in [0.1, 0.15) is 43.5 Å². The third-order valence-electron chi connectivity index (χ3n) is 6.39. The monoisotopic (exact) mass is 619 g/mol. The molecule has 0 spiro atoms. The number of benzene rings is 2. The maximum atomic E-state index is 13.6. The third kappa shape index (κ3) is 7.25. The van der Waals surface area contributed by atoms with Gasteiger partial charge in [0.1, 0.15) is 22.3 Å². The molecule has 4 rings (SSSR count). The molecule has 1 N–H and O–H groups in total. The summed E-state index contributed by atoms with van der Waals surface area (Å²) < 4.78 is 70.6. The first-order chi connectivity index (χ1) is 18.4. The van der Waals surface area contributed by atoms with E-state index in [9.17, 15) is 21.6 Å². The molecule has 39 heavy (non-hydrogen) atoms. The molecule has 1 fully saturated rings. The van der Waals surface area contributed by atoms with Crippen molar-refractivity contribution in [2.45, 2.75) is 51.0 Å². The zero-order chi connectivity index (χ0) is 28.4. The van der Waals surface area contributed by atoms with Crippen molar-refractivity contribution in [2.24, 2.45) is 0 Å². The van der Waals surface area contributed by atoms with E-state index in [0.717, 1.165) is 0 Å². The van der Waals surface area contributed by atoms with Gasteiger partial charge in [-0.15, -0.1) is 0 Å². The number of imidazole rings is 1. The second-order valence-electron chi connectivity index (χ2n) is 9.31. The number of rotatable bonds is 9. The number of halogens is 5. The SMILES string of the molecule is Cc1c(C(=S)NC2CCC(F)(F)CC2)nc(-c2ccc(Cl)cc2Cl)n1-c1ccc(OS(=O)(=O)CCCF)cc1. The Labute approximate surface area is 240 Å². The fourth-order valence-corrected chi connectivity index (χ4v) is 6.20. The largest absolute Gasteiger partial charge is 0.382 e. The minimum atomic E-state index is -3.93. The molecule has 2 aromatic carbocycles. The summed E-state index contributed by atoms with van der Waals surface area (Å²) in [5.41, 5.74) is 2.29. The van der Waals surface area contributed by atoms with Crippen LogP contribution in [-0.4, -0.2) is 47.3 Å². The number of alkyl halides is 3. The molecule has 1 aliphatic rings. The molecule has 0 saturated heterocycles. The highest BCUT2D eigenvalue weighted by atomic mass is 35.5. The Morgan fingerprint density at radius 2 is 1.85 bits per heavy atom. The van der Waals surface area contributed by atoms with Crippen LogP contribution in [-0.2, 0) is 10.1 Å². The molecule has 3 aromatic rings. The van der Waals surface area contributed by atoms with Gasteiger partial charge in [-0.3, -0.25) is 8.96 Å². The lowest BCUT2D eigenvalue weighted by atomic mass is 9.92. The first kappa shape index (κ1) is 29.6. The molecule has 1 heterocycles. The van der Waals surface area contributed by atoms with E-state index in [1.807, 2.05) is 6.92 Å². The van der Waals surface area contributed by atoms with Crippen molar-refractivity contribution < 1.29 is 25.8 Å². The van der Waals surface area contributed by atoms with Crippen molar-refractivity contribution in [3.8, 4) is 22.8 Å². The van der Waals surface area contributed by atoms with E-state index in [2.05, 4.69) is 5.32 Å². The van der Waals surface area contributed by atoms with Crippen molar-refractivity contribution in [1.82, 2.24) is 14.9 Å². The summed E-state index contributed by atoms with van der Waals surface area (Å²) in [5.74, 6) is -2.56. The molecule has 0 amide bonds. The van der Waals surface area contributed by atoms with Crippen LogP contribution >= 0.6 is 35.4 Å². The van der Waals surface area contributed by atoms with Gasteiger partial charge in [0.05, 0.1) is 23.1 Å². The normalized spacial score (nSPS) is 15.7. The van der Waals surface area contributed by atoms with Gasteiger partial charge in [0.15, 0.2) is 0 Å². The molecule has 13 heteroatoms. The van der Waals surface area contributed by atoms with E-state index in [-0.39, 0.29) is 31.1 Å². The second kappa shape index (κ2) is 12.0. The molecule has 0 bridgehead atoms. The predicted molar refractivity (Wildman–Crippen MR) is 151 cm³/mol. The first-order valence-electron chi connectivity index (χ1n) is 12.2. The van der Waals surface area contributed by atoms with Crippen LogP contribution in [0, 0.1) is 6.92 Å². The topological polar surface area (TPSA) is 73.2 Å². The maximum absolute atomic E-state index is 13.6. The summed E-state index contributed by atoms with van der Waals surface area (Å²) in [6.45, 7) is 1.05. The van der Waals surface area contributed by atoms with Gasteiger partial charge in [0, 0.05) is 35.2 Å². The molecule has 0 atom stereocenters. The fraction of sp³-hybridized carbons (Fsp3) is 0.385. The quantitative estimate of drug-likeness (QED) is 0.204. The van der Waals surface area contributed by atoms with Gasteiger partial charge in [-0.1, -0.05) is 35.4 Å². The Balaban J connectivity index is 1.69. The standard InChI is InChI=1S/C26H26Cl2F3N3O3S2/c1-16-23(25(38)32-18-9-11-26(30,31)12-10-18)33-24(21-8-3-17(27)15-22(21)28)34(16)19-4-6-20(7-5-19)37-39(35,36)14-2-13-29/h3-8,15,18H,2,9-14H2,1H3,(H,32,38). The molecular weight excluding hydrogens is 594 g/mol. The molecule has 0 radical (unpaired) electrons. The van der Waals surface area contributed by atoms with Crippen LogP contribution in [0.4, 0.5) is 13.2 Å². The molecule has 1 saturated carbocycles. The molecule has 210 valence electrons. The van der Waals surface area contributed by atoms with E-state index in [1.54, 1.807) is 34.9 Å². The summed E-state index contributed by atoms with van der Waals surface area (Å²) in [5, 5.41) is 3.99. The summed E-state index contributed by atoms with van der Waals surface area (Å²) >= 11 is 18.3. The maximum Gasteiger partial charge on any atom is 0.309 e. The molecule has 6 nitrogen and oxygen atoms in total. The lowest BCUT2D eigenvalue weighted by Gasteiger charge is -2.29. The van der Waals surface area contributed by atoms with Gasteiger partial charge in [-0.05, 0) is 68.7 Å². The summed E-state index contributed by atoms with van der Waals surface area (Å²) in [4.78, 5) is 5.10. The molecular formula is C26H26Cl2F3N3O3S2. The Hall–Kier alpha value is -2.34. The minimum absolute atomic E-state index is 0.0768. The zero-order valence-electron chi connectivity index (χ0n) is 20.9. The number of nitrogens with zero attached hydrogens (tertiary/aromatic N) is 2. The summed E-state index contributed by atoms with van der Waals surface area (Å²) in [6, 6.07) is 11.0. The number of aromatic nitrogens is 2. The minimum Gasteiger partial charge on any atom is -0.382 e. The van der Waals surface area contributed by atoms with Crippen molar-refractivity contribution in [3.63, 3.8) is 0 Å². The van der Waals surface area contributed by atoms with E-state index < -0.39 is 28.5 Å². The van der Waals surface area contributed by atoms with Crippen LogP contribution < -0.4 is 9.50 Å². The van der Waals surface area contributed by atoms with Crippen LogP contribution in [0.5, 0.6) is 5.75 Å². The predicted octanol–water partition coefficient (Wildman–Crippen LogP) is 7.07. The fourth-order valence-electron chi connectivity index (χ4n) is 4.39. The highest BCUT2D eigenvalue weighted by Crippen LogP contribution is 2.35. The zero-order valence-corrected chi connectivity index (χ0v) is 24.0. The van der Waals surface area contributed by atoms with Crippen molar-refractivity contribution in [2.75, 3.05) is 12.4 Å². The smallest absolute Gasteiger partial charge is 0.309 e. The van der Waals surface area contributed by atoms with E-state index >= 15 is 0 Å². The van der Waals surface area contributed by atoms with Gasteiger partial charge in [0.2, 0.25) is 5.92 Å². The molecule has 0 aliphatic heterocycles. The summed E-state index contributed by atoms with van der Waals surface area (Å²) in [7, 11) is -3.93. The van der Waals surface area contributed by atoms with Gasteiger partial charge < -0.3 is 9.50 Å². The number of thiocarbonyl (C=S) groups is 1. The van der Waals surface area contributed by atoms with Crippen LogP contribution in [0.25, 0.3) is 17.1 Å².